The third kappa shape index (κ3) is 5.34. The van der Waals surface area contributed by atoms with Gasteiger partial charge in [-0.05, 0) is 30.5 Å². The minimum Gasteiger partial charge on any atom is -0.482 e. The van der Waals surface area contributed by atoms with Crippen molar-refractivity contribution in [2.24, 2.45) is 0 Å². The lowest BCUT2D eigenvalue weighted by Gasteiger charge is -2.07. The SMILES string of the molecule is CCC(CC)c1cc(C(=O)NCc2cccc(OCC(=O)O)c2)on1. The molecule has 0 unspecified atom stereocenters. The molecule has 1 aromatic heterocycles. The smallest absolute Gasteiger partial charge is 0.341 e. The van der Waals surface area contributed by atoms with E-state index < -0.39 is 12.6 Å². The van der Waals surface area contributed by atoms with Crippen LogP contribution in [0.2, 0.25) is 0 Å². The Morgan fingerprint density at radius 3 is 2.72 bits per heavy atom. The van der Waals surface area contributed by atoms with Crippen LogP contribution in [0.1, 0.15) is 54.4 Å². The van der Waals surface area contributed by atoms with E-state index in [1.165, 1.54) is 0 Å². The van der Waals surface area contributed by atoms with Gasteiger partial charge in [-0.1, -0.05) is 31.1 Å². The zero-order chi connectivity index (χ0) is 18.2. The molecular formula is C18H22N2O5. The van der Waals surface area contributed by atoms with Gasteiger partial charge >= 0.3 is 5.97 Å². The monoisotopic (exact) mass is 346 g/mol. The van der Waals surface area contributed by atoms with Gasteiger partial charge in [0, 0.05) is 18.5 Å². The van der Waals surface area contributed by atoms with Crippen LogP contribution in [0.25, 0.3) is 0 Å². The first-order chi connectivity index (χ1) is 12.0. The first-order valence-electron chi connectivity index (χ1n) is 8.21. The number of hydrogen-bond acceptors (Lipinski definition) is 5. The Morgan fingerprint density at radius 1 is 1.28 bits per heavy atom. The number of carbonyl (C=O) groups excluding carboxylic acids is 1. The molecule has 134 valence electrons. The number of carboxylic acid groups (broad SMARTS) is 1. The van der Waals surface area contributed by atoms with Crippen LogP contribution in [0.3, 0.4) is 0 Å². The molecule has 0 bridgehead atoms. The molecule has 0 aliphatic carbocycles. The van der Waals surface area contributed by atoms with Crippen LogP contribution >= 0.6 is 0 Å². The summed E-state index contributed by atoms with van der Waals surface area (Å²) in [5.41, 5.74) is 1.58. The maximum Gasteiger partial charge on any atom is 0.341 e. The number of hydrogen-bond donors (Lipinski definition) is 2. The summed E-state index contributed by atoms with van der Waals surface area (Å²) < 4.78 is 10.2. The summed E-state index contributed by atoms with van der Waals surface area (Å²) in [4.78, 5) is 22.7. The molecule has 0 atom stereocenters. The fraction of sp³-hybridized carbons (Fsp3) is 0.389. The summed E-state index contributed by atoms with van der Waals surface area (Å²) in [5.74, 6) is -0.489. The number of rotatable bonds is 9. The van der Waals surface area contributed by atoms with Crippen molar-refractivity contribution in [3.8, 4) is 5.75 Å². The van der Waals surface area contributed by atoms with E-state index in [4.69, 9.17) is 14.4 Å². The second kappa shape index (κ2) is 8.86. The van der Waals surface area contributed by atoms with E-state index in [2.05, 4.69) is 24.3 Å². The Morgan fingerprint density at radius 2 is 2.04 bits per heavy atom. The number of benzene rings is 1. The Balaban J connectivity index is 1.93. The minimum absolute atomic E-state index is 0.181. The maximum atomic E-state index is 12.2. The summed E-state index contributed by atoms with van der Waals surface area (Å²) in [6.07, 6.45) is 1.88. The molecule has 1 heterocycles. The van der Waals surface area contributed by atoms with Crippen LogP contribution in [-0.4, -0.2) is 28.7 Å². The third-order valence-corrected chi connectivity index (χ3v) is 3.87. The number of carbonyl (C=O) groups is 2. The molecule has 0 aliphatic heterocycles. The first-order valence-corrected chi connectivity index (χ1v) is 8.21. The number of nitrogens with zero attached hydrogens (tertiary/aromatic N) is 1. The Kier molecular flexibility index (Phi) is 6.56. The topological polar surface area (TPSA) is 102 Å². The lowest BCUT2D eigenvalue weighted by molar-refractivity contribution is -0.139. The molecule has 25 heavy (non-hydrogen) atoms. The van der Waals surface area contributed by atoms with Gasteiger partial charge in [-0.25, -0.2) is 4.79 Å². The van der Waals surface area contributed by atoms with Crippen molar-refractivity contribution >= 4 is 11.9 Å². The van der Waals surface area contributed by atoms with E-state index in [0.29, 0.717) is 5.75 Å². The predicted molar refractivity (Wildman–Crippen MR) is 90.6 cm³/mol. The molecule has 2 rings (SSSR count). The van der Waals surface area contributed by atoms with Crippen LogP contribution in [0, 0.1) is 0 Å². The van der Waals surface area contributed by atoms with Crippen LogP contribution in [0.5, 0.6) is 5.75 Å². The quantitative estimate of drug-likeness (QED) is 0.724. The highest BCUT2D eigenvalue weighted by atomic mass is 16.5. The van der Waals surface area contributed by atoms with Gasteiger partial charge in [0.15, 0.2) is 6.61 Å². The van der Waals surface area contributed by atoms with Gasteiger partial charge in [0.05, 0.1) is 5.69 Å². The van der Waals surface area contributed by atoms with Gasteiger partial charge in [0.2, 0.25) is 5.76 Å². The molecule has 1 aromatic carbocycles. The highest BCUT2D eigenvalue weighted by Gasteiger charge is 2.17. The lowest BCUT2D eigenvalue weighted by atomic mass is 9.99. The first kappa shape index (κ1) is 18.5. The summed E-state index contributed by atoms with van der Waals surface area (Å²) >= 11 is 0. The normalized spacial score (nSPS) is 10.7. The highest BCUT2D eigenvalue weighted by molar-refractivity contribution is 5.91. The van der Waals surface area contributed by atoms with Gasteiger partial charge in [0.1, 0.15) is 5.75 Å². The van der Waals surface area contributed by atoms with E-state index in [-0.39, 0.29) is 24.1 Å². The van der Waals surface area contributed by atoms with Crippen LogP contribution in [0.15, 0.2) is 34.9 Å². The number of aromatic nitrogens is 1. The fourth-order valence-corrected chi connectivity index (χ4v) is 2.46. The molecule has 2 aromatic rings. The van der Waals surface area contributed by atoms with Gasteiger partial charge in [-0.15, -0.1) is 0 Å². The summed E-state index contributed by atoms with van der Waals surface area (Å²) in [6.45, 7) is 4.00. The highest BCUT2D eigenvalue weighted by Crippen LogP contribution is 2.22. The van der Waals surface area contributed by atoms with Gasteiger partial charge in [0.25, 0.3) is 5.91 Å². The van der Waals surface area contributed by atoms with E-state index >= 15 is 0 Å². The molecule has 2 N–H and O–H groups in total. The van der Waals surface area contributed by atoms with Crippen molar-refractivity contribution in [2.75, 3.05) is 6.61 Å². The van der Waals surface area contributed by atoms with E-state index in [9.17, 15) is 9.59 Å². The van der Waals surface area contributed by atoms with Gasteiger partial charge in [-0.2, -0.15) is 0 Å². The Labute approximate surface area is 146 Å². The number of aliphatic carboxylic acids is 1. The number of carboxylic acids is 1. The summed E-state index contributed by atoms with van der Waals surface area (Å²) in [6, 6.07) is 8.56. The minimum atomic E-state index is -1.04. The second-order valence-corrected chi connectivity index (χ2v) is 5.64. The third-order valence-electron chi connectivity index (χ3n) is 3.87. The van der Waals surface area contributed by atoms with E-state index in [1.54, 1.807) is 24.3 Å². The molecule has 7 nitrogen and oxygen atoms in total. The molecule has 0 aliphatic rings. The largest absolute Gasteiger partial charge is 0.482 e. The molecule has 0 fully saturated rings. The zero-order valence-corrected chi connectivity index (χ0v) is 14.3. The molecule has 0 saturated carbocycles. The van der Waals surface area contributed by atoms with Crippen LogP contribution in [0.4, 0.5) is 0 Å². The maximum absolute atomic E-state index is 12.2. The molecule has 1 amide bonds. The Bertz CT molecular complexity index is 722. The second-order valence-electron chi connectivity index (χ2n) is 5.64. The molecular weight excluding hydrogens is 324 g/mol. The molecule has 7 heteroatoms. The average Bonchev–Trinajstić information content (AvgIpc) is 3.09. The van der Waals surface area contributed by atoms with Crippen LogP contribution < -0.4 is 10.1 Å². The molecule has 0 saturated heterocycles. The van der Waals surface area contributed by atoms with Crippen molar-refractivity contribution in [3.05, 3.63) is 47.3 Å². The van der Waals surface area contributed by atoms with Gasteiger partial charge in [-0.3, -0.25) is 4.79 Å². The van der Waals surface area contributed by atoms with Crippen molar-refractivity contribution in [1.82, 2.24) is 10.5 Å². The summed E-state index contributed by atoms with van der Waals surface area (Å²) in [5, 5.41) is 15.4. The predicted octanol–water partition coefficient (Wildman–Crippen LogP) is 2.97. The number of ether oxygens (including phenoxy) is 1. The Hall–Kier alpha value is -2.83. The van der Waals surface area contributed by atoms with Crippen molar-refractivity contribution in [3.63, 3.8) is 0 Å². The molecule has 0 radical (unpaired) electrons. The summed E-state index contributed by atoms with van der Waals surface area (Å²) in [7, 11) is 0. The van der Waals surface area contributed by atoms with Crippen molar-refractivity contribution in [2.45, 2.75) is 39.2 Å². The van der Waals surface area contributed by atoms with Crippen molar-refractivity contribution < 1.29 is 24.0 Å². The van der Waals surface area contributed by atoms with Crippen LogP contribution in [-0.2, 0) is 11.3 Å². The van der Waals surface area contributed by atoms with Crippen molar-refractivity contribution in [1.29, 1.82) is 0 Å². The average molecular weight is 346 g/mol. The zero-order valence-electron chi connectivity index (χ0n) is 14.3. The number of nitrogens with one attached hydrogen (secondary N) is 1. The standard InChI is InChI=1S/C18H22N2O5/c1-3-13(4-2)15-9-16(25-20-15)18(23)19-10-12-6-5-7-14(8-12)24-11-17(21)22/h5-9,13H,3-4,10-11H2,1-2H3,(H,19,23)(H,21,22). The van der Waals surface area contributed by atoms with E-state index in [1.807, 2.05) is 6.07 Å². The van der Waals surface area contributed by atoms with E-state index in [0.717, 1.165) is 24.1 Å². The van der Waals surface area contributed by atoms with Gasteiger partial charge < -0.3 is 19.7 Å². The number of amides is 1. The molecule has 0 spiro atoms. The fourth-order valence-electron chi connectivity index (χ4n) is 2.46. The lowest BCUT2D eigenvalue weighted by Crippen LogP contribution is -2.22.